The normalized spacial score (nSPS) is 15.7. The zero-order chi connectivity index (χ0) is 43.1. The Morgan fingerprint density at radius 2 is 1.16 bits per heavy atom. The third kappa shape index (κ3) is 36.9. The van der Waals surface area contributed by atoms with Crippen LogP contribution in [0.5, 0.6) is 0 Å². The number of hydrogen-bond donors (Lipinski definition) is 5. The van der Waals surface area contributed by atoms with Gasteiger partial charge in [-0.2, -0.15) is 0 Å². The molecular weight excluding hydrogens is 765 g/mol. The number of ether oxygens (including phenoxy) is 2. The molecule has 0 spiro atoms. The van der Waals surface area contributed by atoms with Gasteiger partial charge in [-0.25, -0.2) is 4.57 Å². The van der Waals surface area contributed by atoms with Crippen LogP contribution in [0.15, 0.2) is 85.1 Å². The van der Waals surface area contributed by atoms with Crippen LogP contribution in [0.1, 0.15) is 129 Å². The first kappa shape index (κ1) is 54.6. The zero-order valence-electron chi connectivity index (χ0n) is 34.8. The van der Waals surface area contributed by atoms with Crippen molar-refractivity contribution in [1.29, 1.82) is 0 Å². The minimum atomic E-state index is -4.79. The van der Waals surface area contributed by atoms with Crippen LogP contribution < -0.4 is 5.73 Å². The van der Waals surface area contributed by atoms with Gasteiger partial charge < -0.3 is 35.4 Å². The molecule has 0 aliphatic rings. The van der Waals surface area contributed by atoms with E-state index in [9.17, 15) is 34.1 Å². The van der Waals surface area contributed by atoms with E-state index in [0.29, 0.717) is 12.8 Å². The molecule has 0 rings (SSSR count). The number of rotatable bonds is 37. The Labute approximate surface area is 347 Å². The molecule has 6 N–H and O–H groups in total. The summed E-state index contributed by atoms with van der Waals surface area (Å²) in [5, 5.41) is 29.1. The summed E-state index contributed by atoms with van der Waals surface area (Å²) in [5.74, 6) is -2.71. The second-order valence-corrected chi connectivity index (χ2v) is 15.3. The molecule has 0 bridgehead atoms. The number of allylic oxidation sites excluding steroid dienone is 11. The maximum atomic E-state index is 12.6. The monoisotopic (exact) mass is 837 g/mol. The van der Waals surface area contributed by atoms with E-state index in [1.807, 2.05) is 6.08 Å². The minimum Gasteiger partial charge on any atom is -0.480 e. The standard InChI is InChI=1S/C44H72NO12P/c1-3-5-7-9-11-12-13-14-15-16-17-18-19-21-27-33-43(49)57-40(36-55-58(52,53)56-37-41(45)44(50)51)35-54-42(48)34-28-32-39(47)31-26-23-22-25-30-38(46)29-24-20-10-8-6-4-2/h11-12,14-15,17-18,20,22-26,30-31,38-41,46-47H,3-10,13,16,19,21,27-29,32-37,45H2,1-2H3,(H,50,51)(H,52,53)/b12-11-,15-14-,18-17-,23-22+,24-20-,30-25+,31-26-/t38-,39-,40-,41+/m1/s1. The molecule has 0 heterocycles. The van der Waals surface area contributed by atoms with Crippen molar-refractivity contribution in [3.05, 3.63) is 85.1 Å². The van der Waals surface area contributed by atoms with Gasteiger partial charge in [0.15, 0.2) is 6.10 Å². The van der Waals surface area contributed by atoms with E-state index in [4.69, 9.17) is 24.8 Å². The topological polar surface area (TPSA) is 212 Å². The van der Waals surface area contributed by atoms with Crippen LogP contribution in [0.4, 0.5) is 0 Å². The molecule has 0 aliphatic heterocycles. The summed E-state index contributed by atoms with van der Waals surface area (Å²) in [6, 6.07) is -1.57. The van der Waals surface area contributed by atoms with E-state index in [1.165, 1.54) is 32.1 Å². The number of aliphatic carboxylic acids is 1. The van der Waals surface area contributed by atoms with Gasteiger partial charge in [-0.3, -0.25) is 23.4 Å². The van der Waals surface area contributed by atoms with Gasteiger partial charge in [-0.15, -0.1) is 0 Å². The van der Waals surface area contributed by atoms with Crippen LogP contribution >= 0.6 is 7.82 Å². The molecule has 0 fully saturated rings. The molecule has 14 heteroatoms. The number of carboxylic acids is 1. The molecule has 13 nitrogen and oxygen atoms in total. The molecule has 0 aromatic rings. The quantitative estimate of drug-likeness (QED) is 0.0130. The third-order valence-corrected chi connectivity index (χ3v) is 9.26. The third-order valence-electron chi connectivity index (χ3n) is 8.31. The number of phosphoric acid groups is 1. The fourth-order valence-corrected chi connectivity index (χ4v) is 5.69. The number of aliphatic hydroxyl groups is 2. The predicted octanol–water partition coefficient (Wildman–Crippen LogP) is 8.66. The van der Waals surface area contributed by atoms with Crippen LogP contribution in [0, 0.1) is 0 Å². The first-order chi connectivity index (χ1) is 27.9. The minimum absolute atomic E-state index is 0.0515. The van der Waals surface area contributed by atoms with Crippen molar-refractivity contribution in [1.82, 2.24) is 0 Å². The molecule has 58 heavy (non-hydrogen) atoms. The number of esters is 2. The summed E-state index contributed by atoms with van der Waals surface area (Å²) in [7, 11) is -4.79. The smallest absolute Gasteiger partial charge is 0.472 e. The Bertz CT molecular complexity index is 1340. The van der Waals surface area contributed by atoms with Gasteiger partial charge in [-0.1, -0.05) is 125 Å². The number of aliphatic hydroxyl groups excluding tert-OH is 2. The molecule has 1 unspecified atom stereocenters. The number of phosphoric ester groups is 1. The average molecular weight is 838 g/mol. The maximum Gasteiger partial charge on any atom is 0.472 e. The number of hydrogen-bond acceptors (Lipinski definition) is 11. The van der Waals surface area contributed by atoms with Crippen molar-refractivity contribution < 1.29 is 57.7 Å². The second-order valence-electron chi connectivity index (χ2n) is 13.8. The highest BCUT2D eigenvalue weighted by Gasteiger charge is 2.28. The van der Waals surface area contributed by atoms with Crippen LogP contribution in [-0.4, -0.2) is 82.3 Å². The zero-order valence-corrected chi connectivity index (χ0v) is 35.7. The molecule has 0 aromatic carbocycles. The van der Waals surface area contributed by atoms with Crippen LogP contribution in [0.25, 0.3) is 0 Å². The summed E-state index contributed by atoms with van der Waals surface area (Å²) >= 11 is 0. The Hall–Kier alpha value is -3.42. The lowest BCUT2D eigenvalue weighted by Gasteiger charge is -2.20. The lowest BCUT2D eigenvalue weighted by molar-refractivity contribution is -0.161. The summed E-state index contributed by atoms with van der Waals surface area (Å²) in [4.78, 5) is 45.9. The molecule has 0 saturated carbocycles. The molecule has 0 saturated heterocycles. The number of unbranched alkanes of at least 4 members (excludes halogenated alkanes) is 8. The van der Waals surface area contributed by atoms with Gasteiger partial charge >= 0.3 is 25.7 Å². The van der Waals surface area contributed by atoms with Crippen LogP contribution in [0.3, 0.4) is 0 Å². The van der Waals surface area contributed by atoms with Gasteiger partial charge in [0, 0.05) is 12.8 Å². The fourth-order valence-electron chi connectivity index (χ4n) is 4.91. The lowest BCUT2D eigenvalue weighted by atomic mass is 10.1. The summed E-state index contributed by atoms with van der Waals surface area (Å²) in [6.07, 6.45) is 38.6. The number of carbonyl (C=O) groups is 3. The van der Waals surface area contributed by atoms with Crippen molar-refractivity contribution in [2.75, 3.05) is 19.8 Å². The fraction of sp³-hybridized carbons (Fsp3) is 0.614. The highest BCUT2D eigenvalue weighted by Crippen LogP contribution is 2.43. The van der Waals surface area contributed by atoms with Crippen LogP contribution in [0.2, 0.25) is 0 Å². The van der Waals surface area contributed by atoms with Crippen molar-refractivity contribution in [3.63, 3.8) is 0 Å². The van der Waals surface area contributed by atoms with Crippen molar-refractivity contribution >= 4 is 25.7 Å². The highest BCUT2D eigenvalue weighted by atomic mass is 31.2. The van der Waals surface area contributed by atoms with Gasteiger partial charge in [0.25, 0.3) is 0 Å². The Morgan fingerprint density at radius 3 is 1.74 bits per heavy atom. The molecule has 330 valence electrons. The average Bonchev–Trinajstić information content (AvgIpc) is 3.19. The van der Waals surface area contributed by atoms with E-state index >= 15 is 0 Å². The predicted molar refractivity (Wildman–Crippen MR) is 229 cm³/mol. The van der Waals surface area contributed by atoms with E-state index in [0.717, 1.165) is 44.9 Å². The molecular formula is C44H72NO12P. The van der Waals surface area contributed by atoms with Gasteiger partial charge in [0.05, 0.1) is 25.4 Å². The van der Waals surface area contributed by atoms with E-state index in [-0.39, 0.29) is 25.7 Å². The Balaban J connectivity index is 4.74. The van der Waals surface area contributed by atoms with Gasteiger partial charge in [0.2, 0.25) is 0 Å². The summed E-state index contributed by atoms with van der Waals surface area (Å²) < 4.78 is 32.4. The summed E-state index contributed by atoms with van der Waals surface area (Å²) in [6.45, 7) is 2.39. The number of nitrogens with two attached hydrogens (primary N) is 1. The SMILES string of the molecule is CCCCC/C=C\C/C=C\C/C=C\CCCCC(=O)O[C@H](COC(=O)CCC[C@H](O)\C=C/C=C/C=C/[C@H](O)C/C=C\CCCCC)COP(=O)(O)OC[C@H](N)C(=O)O. The van der Waals surface area contributed by atoms with E-state index in [2.05, 4.69) is 60.9 Å². The molecule has 0 aromatic heterocycles. The molecule has 0 amide bonds. The van der Waals surface area contributed by atoms with E-state index < -0.39 is 69.9 Å². The van der Waals surface area contributed by atoms with E-state index in [1.54, 1.807) is 36.5 Å². The van der Waals surface area contributed by atoms with Crippen molar-refractivity contribution in [2.24, 2.45) is 5.73 Å². The van der Waals surface area contributed by atoms with Gasteiger partial charge in [0.1, 0.15) is 12.6 Å². The lowest BCUT2D eigenvalue weighted by Crippen LogP contribution is -2.34. The first-order valence-electron chi connectivity index (χ1n) is 20.8. The molecule has 0 aliphatic carbocycles. The highest BCUT2D eigenvalue weighted by molar-refractivity contribution is 7.47. The van der Waals surface area contributed by atoms with Crippen molar-refractivity contribution in [3.8, 4) is 0 Å². The van der Waals surface area contributed by atoms with Crippen molar-refractivity contribution in [2.45, 2.75) is 154 Å². The second kappa shape index (κ2) is 37.8. The molecule has 5 atom stereocenters. The molecule has 0 radical (unpaired) electrons. The number of carboxylic acid groups (broad SMARTS) is 1. The Morgan fingerprint density at radius 1 is 0.638 bits per heavy atom. The van der Waals surface area contributed by atoms with Gasteiger partial charge in [-0.05, 0) is 77.0 Å². The Kier molecular flexibility index (Phi) is 35.6. The maximum absolute atomic E-state index is 12.6. The van der Waals surface area contributed by atoms with Crippen LogP contribution in [-0.2, 0) is 37.5 Å². The first-order valence-corrected chi connectivity index (χ1v) is 22.3. The number of carbonyl (C=O) groups excluding carboxylic acids is 2. The summed E-state index contributed by atoms with van der Waals surface area (Å²) in [5.41, 5.74) is 5.31. The largest absolute Gasteiger partial charge is 0.480 e.